The lowest BCUT2D eigenvalue weighted by atomic mass is 9.65. The van der Waals surface area contributed by atoms with E-state index in [2.05, 4.69) is 32.1 Å². The summed E-state index contributed by atoms with van der Waals surface area (Å²) in [6.07, 6.45) is 9.73. The van der Waals surface area contributed by atoms with Crippen molar-refractivity contribution < 1.29 is 29.3 Å². The van der Waals surface area contributed by atoms with Crippen molar-refractivity contribution >= 4 is 11.9 Å². The molecule has 180 valence electrons. The van der Waals surface area contributed by atoms with Gasteiger partial charge in [-0.3, -0.25) is 9.59 Å². The summed E-state index contributed by atoms with van der Waals surface area (Å²) in [6, 6.07) is 0. The first-order chi connectivity index (χ1) is 15.1. The van der Waals surface area contributed by atoms with E-state index in [1.54, 1.807) is 0 Å². The molecule has 1 saturated heterocycles. The molecule has 7 atom stereocenters. The smallest absolute Gasteiger partial charge is 0.311 e. The van der Waals surface area contributed by atoms with E-state index in [0.717, 1.165) is 12.8 Å². The molecule has 0 aromatic carbocycles. The number of carbonyl (C=O) groups excluding carboxylic acids is 2. The number of aliphatic hydroxyl groups excluding tert-OH is 2. The minimum Gasteiger partial charge on any atom is -0.462 e. The van der Waals surface area contributed by atoms with Gasteiger partial charge in [-0.1, -0.05) is 32.1 Å². The van der Waals surface area contributed by atoms with Crippen molar-refractivity contribution in [2.24, 2.45) is 29.1 Å². The van der Waals surface area contributed by atoms with Gasteiger partial charge in [0, 0.05) is 18.9 Å². The lowest BCUT2D eigenvalue weighted by Gasteiger charge is -2.44. The molecule has 0 radical (unpaired) electrons. The van der Waals surface area contributed by atoms with Crippen LogP contribution in [0.4, 0.5) is 0 Å². The third kappa shape index (κ3) is 6.02. The molecule has 0 unspecified atom stereocenters. The van der Waals surface area contributed by atoms with Crippen LogP contribution in [-0.2, 0) is 19.1 Å². The first-order valence-electron chi connectivity index (χ1n) is 12.2. The Bertz CT molecular complexity index is 739. The van der Waals surface area contributed by atoms with Crippen molar-refractivity contribution in [1.29, 1.82) is 0 Å². The Hall–Kier alpha value is -1.66. The summed E-state index contributed by atoms with van der Waals surface area (Å²) in [5.74, 6) is 0.512. The Balaban J connectivity index is 1.74. The number of aliphatic hydroxyl groups is 2. The van der Waals surface area contributed by atoms with Crippen LogP contribution in [0.1, 0.15) is 72.6 Å². The van der Waals surface area contributed by atoms with Crippen molar-refractivity contribution in [2.75, 3.05) is 6.61 Å². The largest absolute Gasteiger partial charge is 0.462 e. The Morgan fingerprint density at radius 3 is 2.69 bits per heavy atom. The molecule has 3 aliphatic rings. The van der Waals surface area contributed by atoms with Crippen LogP contribution in [0.2, 0.25) is 0 Å². The maximum Gasteiger partial charge on any atom is 0.311 e. The van der Waals surface area contributed by atoms with E-state index < -0.39 is 11.5 Å². The molecule has 0 bridgehead atoms. The topological polar surface area (TPSA) is 93.1 Å². The molecule has 1 aliphatic heterocycles. The number of ether oxygens (including phenoxy) is 2. The van der Waals surface area contributed by atoms with Gasteiger partial charge >= 0.3 is 11.9 Å². The predicted octanol–water partition coefficient (Wildman–Crippen LogP) is 3.95. The Morgan fingerprint density at radius 2 is 2.00 bits per heavy atom. The van der Waals surface area contributed by atoms with Crippen LogP contribution in [0.25, 0.3) is 0 Å². The van der Waals surface area contributed by atoms with Gasteiger partial charge in [-0.25, -0.2) is 0 Å². The number of allylic oxidation sites excluding steroid dienone is 3. The molecule has 6 nitrogen and oxygen atoms in total. The van der Waals surface area contributed by atoms with Crippen molar-refractivity contribution in [3.05, 3.63) is 23.8 Å². The summed E-state index contributed by atoms with van der Waals surface area (Å²) >= 11 is 0. The van der Waals surface area contributed by atoms with E-state index in [4.69, 9.17) is 9.47 Å². The maximum absolute atomic E-state index is 13.1. The van der Waals surface area contributed by atoms with Crippen LogP contribution in [0.3, 0.4) is 0 Å². The van der Waals surface area contributed by atoms with Gasteiger partial charge in [0.05, 0.1) is 17.9 Å². The Kier molecular flexibility index (Phi) is 8.21. The average Bonchev–Trinajstić information content (AvgIpc) is 2.71. The highest BCUT2D eigenvalue weighted by atomic mass is 16.6. The highest BCUT2D eigenvalue weighted by Crippen LogP contribution is 2.45. The van der Waals surface area contributed by atoms with E-state index in [9.17, 15) is 19.8 Å². The third-order valence-electron chi connectivity index (χ3n) is 7.42. The number of hydrogen-bond acceptors (Lipinski definition) is 6. The third-order valence-corrected chi connectivity index (χ3v) is 7.42. The molecule has 32 heavy (non-hydrogen) atoms. The van der Waals surface area contributed by atoms with Gasteiger partial charge in [0.1, 0.15) is 12.2 Å². The molecular formula is C26H40O6. The van der Waals surface area contributed by atoms with E-state index in [1.807, 2.05) is 13.8 Å². The second-order valence-corrected chi connectivity index (χ2v) is 10.7. The second-order valence-electron chi connectivity index (χ2n) is 10.7. The van der Waals surface area contributed by atoms with Gasteiger partial charge in [0.15, 0.2) is 0 Å². The minimum absolute atomic E-state index is 0.0670. The zero-order chi connectivity index (χ0) is 23.5. The summed E-state index contributed by atoms with van der Waals surface area (Å²) in [5.41, 5.74) is 0.601. The van der Waals surface area contributed by atoms with Crippen LogP contribution in [-0.4, -0.2) is 47.1 Å². The summed E-state index contributed by atoms with van der Waals surface area (Å²) in [6.45, 7) is 8.19. The van der Waals surface area contributed by atoms with Crippen molar-refractivity contribution in [2.45, 2.75) is 91.0 Å². The standard InChI is InChI=1S/C26H40O6/c1-16-12-18-7-6-17(2)21(9-8-20-14-19(28)15-23(29)31-20)24(18)22(13-16)32-25(30)26(3,4)10-5-11-27/h6-7,12,16-17,19-22,24,27-28H,5,8-11,13-15H2,1-4H3/t16-,17-,19+,20-,21-,22-,24-/m1/s1. The van der Waals surface area contributed by atoms with Gasteiger partial charge in [-0.2, -0.15) is 0 Å². The zero-order valence-corrected chi connectivity index (χ0v) is 20.0. The van der Waals surface area contributed by atoms with Crippen molar-refractivity contribution in [3.8, 4) is 0 Å². The van der Waals surface area contributed by atoms with Crippen LogP contribution >= 0.6 is 0 Å². The molecule has 0 amide bonds. The summed E-state index contributed by atoms with van der Waals surface area (Å²) in [5, 5.41) is 19.1. The Morgan fingerprint density at radius 1 is 1.25 bits per heavy atom. The average molecular weight is 449 g/mol. The Labute approximate surface area is 192 Å². The molecule has 6 heteroatoms. The fourth-order valence-corrected chi connectivity index (χ4v) is 5.56. The minimum atomic E-state index is -0.634. The van der Waals surface area contributed by atoms with Crippen molar-refractivity contribution in [1.82, 2.24) is 0 Å². The number of cyclic esters (lactones) is 1. The van der Waals surface area contributed by atoms with E-state index >= 15 is 0 Å². The first-order valence-corrected chi connectivity index (χ1v) is 12.2. The number of hydrogen-bond donors (Lipinski definition) is 2. The maximum atomic E-state index is 13.1. The highest BCUT2D eigenvalue weighted by molar-refractivity contribution is 5.76. The second kappa shape index (κ2) is 10.5. The first kappa shape index (κ1) is 25.0. The highest BCUT2D eigenvalue weighted by Gasteiger charge is 2.43. The molecule has 0 saturated carbocycles. The monoisotopic (exact) mass is 448 g/mol. The predicted molar refractivity (Wildman–Crippen MR) is 121 cm³/mol. The lowest BCUT2D eigenvalue weighted by molar-refractivity contribution is -0.166. The van der Waals surface area contributed by atoms with Gasteiger partial charge in [-0.05, 0) is 69.3 Å². The molecule has 2 N–H and O–H groups in total. The molecule has 0 aromatic heterocycles. The summed E-state index contributed by atoms with van der Waals surface area (Å²) in [4.78, 5) is 24.8. The fourth-order valence-electron chi connectivity index (χ4n) is 5.56. The number of carbonyl (C=O) groups is 2. The SMILES string of the molecule is C[C@@H]1C=C2C=C[C@@H](C)[C@@H](CC[C@@H]3C[C@H](O)CC(=O)O3)[C@@H]2[C@H](OC(=O)C(C)(C)CCCO)C1. The van der Waals surface area contributed by atoms with Crippen LogP contribution in [0.5, 0.6) is 0 Å². The molecular weight excluding hydrogens is 408 g/mol. The fraction of sp³-hybridized carbons (Fsp3) is 0.769. The number of fused-ring (bicyclic) bond motifs is 1. The van der Waals surface area contributed by atoms with Gasteiger partial charge in [0.25, 0.3) is 0 Å². The van der Waals surface area contributed by atoms with Gasteiger partial charge in [0.2, 0.25) is 0 Å². The van der Waals surface area contributed by atoms with E-state index in [1.165, 1.54) is 5.57 Å². The van der Waals surface area contributed by atoms with Gasteiger partial charge in [-0.15, -0.1) is 0 Å². The number of esters is 2. The van der Waals surface area contributed by atoms with E-state index in [-0.39, 0.29) is 49.0 Å². The summed E-state index contributed by atoms with van der Waals surface area (Å²) < 4.78 is 11.6. The molecule has 2 aliphatic carbocycles. The van der Waals surface area contributed by atoms with E-state index in [0.29, 0.717) is 37.5 Å². The van der Waals surface area contributed by atoms with Crippen LogP contribution in [0, 0.1) is 29.1 Å². The van der Waals surface area contributed by atoms with Crippen LogP contribution in [0.15, 0.2) is 23.8 Å². The summed E-state index contributed by atoms with van der Waals surface area (Å²) in [7, 11) is 0. The molecule has 0 spiro atoms. The molecule has 3 rings (SSSR count). The zero-order valence-electron chi connectivity index (χ0n) is 20.0. The van der Waals surface area contributed by atoms with Gasteiger partial charge < -0.3 is 19.7 Å². The normalized spacial score (nSPS) is 35.0. The number of rotatable bonds is 8. The molecule has 1 heterocycles. The lowest BCUT2D eigenvalue weighted by Crippen LogP contribution is -2.43. The van der Waals surface area contributed by atoms with Crippen LogP contribution < -0.4 is 0 Å². The van der Waals surface area contributed by atoms with Crippen molar-refractivity contribution in [3.63, 3.8) is 0 Å². The quantitative estimate of drug-likeness (QED) is 0.546. The molecule has 0 aromatic rings. The molecule has 1 fully saturated rings.